The molecule has 1 aliphatic carbocycles. The van der Waals surface area contributed by atoms with Gasteiger partial charge in [-0.05, 0) is 114 Å². The van der Waals surface area contributed by atoms with Crippen LogP contribution in [0.5, 0.6) is 0 Å². The van der Waals surface area contributed by atoms with Gasteiger partial charge < -0.3 is 4.90 Å². The molecule has 12 aromatic rings. The van der Waals surface area contributed by atoms with Crippen LogP contribution in [0.15, 0.2) is 261 Å². The second-order valence-corrected chi connectivity index (χ2v) is 18.6. The van der Waals surface area contributed by atoms with Crippen molar-refractivity contribution in [2.75, 3.05) is 4.90 Å². The number of benzene rings is 11. The van der Waals surface area contributed by atoms with Crippen LogP contribution < -0.4 is 4.90 Å². The van der Waals surface area contributed by atoms with Crippen LogP contribution in [0, 0.1) is 0 Å². The number of hydrogen-bond donors (Lipinski definition) is 0. The third kappa shape index (κ3) is 6.29. The fraction of sp³-hybridized carbons (Fsp3) is 0.0154. The third-order valence-electron chi connectivity index (χ3n) is 14.0. The first-order chi connectivity index (χ1) is 33.2. The molecule has 2 heteroatoms. The zero-order valence-corrected chi connectivity index (χ0v) is 37.5. The molecule has 0 bridgehead atoms. The van der Waals surface area contributed by atoms with Crippen LogP contribution in [-0.2, 0) is 5.41 Å². The second-order valence-electron chi connectivity index (χ2n) is 17.5. The van der Waals surface area contributed by atoms with E-state index in [0.29, 0.717) is 0 Å². The molecule has 0 fully saturated rings. The molecule has 13 rings (SSSR count). The van der Waals surface area contributed by atoms with Crippen LogP contribution in [0.1, 0.15) is 22.3 Å². The average Bonchev–Trinajstić information content (AvgIpc) is 3.94. The highest BCUT2D eigenvalue weighted by Crippen LogP contribution is 2.57. The van der Waals surface area contributed by atoms with Crippen molar-refractivity contribution in [3.05, 3.63) is 283 Å². The van der Waals surface area contributed by atoms with Gasteiger partial charge in [0, 0.05) is 37.1 Å². The van der Waals surface area contributed by atoms with Gasteiger partial charge in [-0.1, -0.05) is 218 Å². The number of fused-ring (bicyclic) bond motifs is 7. The zero-order chi connectivity index (χ0) is 44.3. The highest BCUT2D eigenvalue weighted by Gasteiger charge is 2.46. The van der Waals surface area contributed by atoms with E-state index < -0.39 is 5.41 Å². The molecule has 0 aliphatic heterocycles. The Morgan fingerprint density at radius 2 is 0.836 bits per heavy atom. The summed E-state index contributed by atoms with van der Waals surface area (Å²) in [6.45, 7) is 0. The first-order valence-electron chi connectivity index (χ1n) is 23.1. The van der Waals surface area contributed by atoms with Crippen LogP contribution in [0.3, 0.4) is 0 Å². The topological polar surface area (TPSA) is 3.24 Å². The van der Waals surface area contributed by atoms with Crippen LogP contribution in [0.2, 0.25) is 0 Å². The minimum Gasteiger partial charge on any atom is -0.310 e. The summed E-state index contributed by atoms with van der Waals surface area (Å²) in [6.07, 6.45) is 0. The van der Waals surface area contributed by atoms with Gasteiger partial charge in [0.25, 0.3) is 0 Å². The average molecular weight is 870 g/mol. The Morgan fingerprint density at radius 3 is 1.60 bits per heavy atom. The van der Waals surface area contributed by atoms with Gasteiger partial charge in [-0.25, -0.2) is 0 Å². The molecule has 0 saturated carbocycles. The second kappa shape index (κ2) is 16.0. The van der Waals surface area contributed by atoms with E-state index >= 15 is 0 Å². The fourth-order valence-corrected chi connectivity index (χ4v) is 12.2. The largest absolute Gasteiger partial charge is 0.310 e. The Hall–Kier alpha value is -8.30. The normalized spacial score (nSPS) is 12.6. The maximum atomic E-state index is 2.45. The molecule has 0 saturated heterocycles. The Morgan fingerprint density at radius 1 is 0.313 bits per heavy atom. The molecular weight excluding hydrogens is 827 g/mol. The molecule has 0 spiro atoms. The van der Waals surface area contributed by atoms with E-state index in [0.717, 1.165) is 17.1 Å². The van der Waals surface area contributed by atoms with Crippen LogP contribution in [0.25, 0.3) is 75.5 Å². The summed E-state index contributed by atoms with van der Waals surface area (Å²) in [5.74, 6) is 0. The standard InChI is InChI=1S/C65H43NS/c1-3-19-48(20-4-1)65(49-21-5-2-6-22-49)60-30-12-9-24-55(60)56-42-37-47(43-61(56)65)44-33-38-50(39-34-44)66(62-31-13-10-25-57(62)54-28-15-18-45-17-7-8-23-52(45)54)51-40-35-46(36-41-51)53-27-16-29-59-58-26-11-14-32-63(58)67-64(53)59/h1-43H. The minimum absolute atomic E-state index is 0.457. The van der Waals surface area contributed by atoms with Gasteiger partial charge >= 0.3 is 0 Å². The SMILES string of the molecule is c1ccc(C2(c3ccccc3)c3ccccc3-c3ccc(-c4ccc(N(c5ccc(-c6cccc7c6sc6ccccc67)cc5)c5ccccc5-c5cccc6ccccc56)cc4)cc32)cc1. The van der Waals surface area contributed by atoms with Gasteiger partial charge in [-0.15, -0.1) is 11.3 Å². The summed E-state index contributed by atoms with van der Waals surface area (Å²) in [6, 6.07) is 96.2. The maximum Gasteiger partial charge on any atom is 0.0713 e. The number of nitrogens with zero attached hydrogens (tertiary/aromatic N) is 1. The summed E-state index contributed by atoms with van der Waals surface area (Å²) >= 11 is 1.88. The summed E-state index contributed by atoms with van der Waals surface area (Å²) in [5.41, 5.74) is 17.8. The van der Waals surface area contributed by atoms with Crippen molar-refractivity contribution >= 4 is 59.3 Å². The lowest BCUT2D eigenvalue weighted by Crippen LogP contribution is -2.28. The van der Waals surface area contributed by atoms with Crippen molar-refractivity contribution in [3.63, 3.8) is 0 Å². The lowest BCUT2D eigenvalue weighted by Gasteiger charge is -2.34. The molecule has 0 radical (unpaired) electrons. The molecule has 11 aromatic carbocycles. The first kappa shape index (κ1) is 39.1. The molecule has 1 aromatic heterocycles. The molecule has 0 atom stereocenters. The van der Waals surface area contributed by atoms with E-state index in [1.165, 1.54) is 97.7 Å². The van der Waals surface area contributed by atoms with Gasteiger partial charge in [-0.3, -0.25) is 0 Å². The Balaban J connectivity index is 0.951. The number of anilines is 3. The van der Waals surface area contributed by atoms with Crippen LogP contribution in [-0.4, -0.2) is 0 Å². The smallest absolute Gasteiger partial charge is 0.0713 e. The van der Waals surface area contributed by atoms with Gasteiger partial charge in [-0.2, -0.15) is 0 Å². The molecule has 67 heavy (non-hydrogen) atoms. The number of para-hydroxylation sites is 1. The van der Waals surface area contributed by atoms with Crippen molar-refractivity contribution in [3.8, 4) is 44.5 Å². The van der Waals surface area contributed by atoms with Crippen molar-refractivity contribution in [2.45, 2.75) is 5.41 Å². The molecule has 1 nitrogen and oxygen atoms in total. The molecule has 1 heterocycles. The van der Waals surface area contributed by atoms with Gasteiger partial charge in [0.15, 0.2) is 0 Å². The van der Waals surface area contributed by atoms with Crippen LogP contribution in [0.4, 0.5) is 17.1 Å². The molecular formula is C65H43NS. The Labute approximate surface area is 395 Å². The summed E-state index contributed by atoms with van der Waals surface area (Å²) < 4.78 is 2.64. The molecule has 1 aliphatic rings. The predicted octanol–water partition coefficient (Wildman–Crippen LogP) is 18.0. The van der Waals surface area contributed by atoms with E-state index in [1.54, 1.807) is 0 Å². The summed E-state index contributed by atoms with van der Waals surface area (Å²) in [4.78, 5) is 2.43. The Bertz CT molecular complexity index is 3750. The van der Waals surface area contributed by atoms with E-state index in [9.17, 15) is 0 Å². The van der Waals surface area contributed by atoms with Gasteiger partial charge in [0.2, 0.25) is 0 Å². The van der Waals surface area contributed by atoms with Crippen molar-refractivity contribution < 1.29 is 0 Å². The number of rotatable bonds is 8. The summed E-state index contributed by atoms with van der Waals surface area (Å²) in [5, 5.41) is 5.09. The van der Waals surface area contributed by atoms with Gasteiger partial charge in [0.1, 0.15) is 0 Å². The highest BCUT2D eigenvalue weighted by molar-refractivity contribution is 7.26. The van der Waals surface area contributed by atoms with Gasteiger partial charge in [0.05, 0.1) is 11.1 Å². The third-order valence-corrected chi connectivity index (χ3v) is 15.2. The molecule has 0 N–H and O–H groups in total. The van der Waals surface area contributed by atoms with E-state index in [1.807, 2.05) is 11.3 Å². The predicted molar refractivity (Wildman–Crippen MR) is 285 cm³/mol. The quantitative estimate of drug-likeness (QED) is 0.147. The monoisotopic (exact) mass is 869 g/mol. The number of thiophene rings is 1. The Kier molecular flexibility index (Phi) is 9.33. The van der Waals surface area contributed by atoms with Crippen LogP contribution >= 0.6 is 11.3 Å². The highest BCUT2D eigenvalue weighted by atomic mass is 32.1. The molecule has 0 amide bonds. The summed E-state index contributed by atoms with van der Waals surface area (Å²) in [7, 11) is 0. The zero-order valence-electron chi connectivity index (χ0n) is 36.7. The van der Waals surface area contributed by atoms with E-state index in [-0.39, 0.29) is 0 Å². The first-order valence-corrected chi connectivity index (χ1v) is 23.9. The van der Waals surface area contributed by atoms with Crippen molar-refractivity contribution in [2.24, 2.45) is 0 Å². The number of hydrogen-bond acceptors (Lipinski definition) is 2. The molecule has 314 valence electrons. The van der Waals surface area contributed by atoms with E-state index in [2.05, 4.69) is 266 Å². The lowest BCUT2D eigenvalue weighted by molar-refractivity contribution is 0.769. The van der Waals surface area contributed by atoms with Crippen molar-refractivity contribution in [1.29, 1.82) is 0 Å². The molecule has 0 unspecified atom stereocenters. The minimum atomic E-state index is -0.457. The maximum absolute atomic E-state index is 2.45. The van der Waals surface area contributed by atoms with Crippen molar-refractivity contribution in [1.82, 2.24) is 0 Å². The van der Waals surface area contributed by atoms with E-state index in [4.69, 9.17) is 0 Å². The lowest BCUT2D eigenvalue weighted by atomic mass is 9.67. The fourth-order valence-electron chi connectivity index (χ4n) is 11.0.